The van der Waals surface area contributed by atoms with Gasteiger partial charge in [-0.3, -0.25) is 9.35 Å². The van der Waals surface area contributed by atoms with Crippen LogP contribution in [0.15, 0.2) is 24.3 Å². The molecule has 0 bridgehead atoms. The van der Waals surface area contributed by atoms with Crippen LogP contribution in [0, 0.1) is 5.41 Å². The van der Waals surface area contributed by atoms with Crippen LogP contribution in [0.3, 0.4) is 0 Å². The first-order chi connectivity index (χ1) is 16.3. The third-order valence-corrected chi connectivity index (χ3v) is 6.15. The molecule has 0 rings (SSSR count). The zero-order chi connectivity index (χ0) is 26.9. The summed E-state index contributed by atoms with van der Waals surface area (Å²) in [6, 6.07) is 0. The van der Waals surface area contributed by atoms with E-state index in [2.05, 4.69) is 13.2 Å². The smallest absolute Gasteiger partial charge is 0.333 e. The van der Waals surface area contributed by atoms with E-state index in [1.54, 1.807) is 0 Å². The Kier molecular flexibility index (Phi) is 16.2. The first-order valence-electron chi connectivity index (χ1n) is 12.1. The zero-order valence-corrected chi connectivity index (χ0v) is 22.3. The van der Waals surface area contributed by atoms with E-state index in [-0.39, 0.29) is 36.7 Å². The molecule has 0 unspecified atom stereocenters. The minimum absolute atomic E-state index is 0.195. The second kappa shape index (κ2) is 17.3. The molecule has 0 aromatic heterocycles. The molecule has 0 saturated heterocycles. The monoisotopic (exact) mass is 518 g/mol. The summed E-state index contributed by atoms with van der Waals surface area (Å²) in [5, 5.41) is 0. The molecular weight excluding hydrogens is 476 g/mol. The van der Waals surface area contributed by atoms with Gasteiger partial charge in [0.25, 0.3) is 10.1 Å². The van der Waals surface area contributed by atoms with Gasteiger partial charge in [0, 0.05) is 11.1 Å². The Labute approximate surface area is 210 Å². The van der Waals surface area contributed by atoms with Crippen LogP contribution in [-0.2, 0) is 38.7 Å². The quantitative estimate of drug-likeness (QED) is 0.0809. The van der Waals surface area contributed by atoms with E-state index in [9.17, 15) is 22.8 Å². The van der Waals surface area contributed by atoms with Gasteiger partial charge in [-0.25, -0.2) is 9.59 Å². The van der Waals surface area contributed by atoms with E-state index >= 15 is 0 Å². The molecule has 0 radical (unpaired) electrons. The summed E-state index contributed by atoms with van der Waals surface area (Å²) >= 11 is 0. The van der Waals surface area contributed by atoms with Gasteiger partial charge in [0.15, 0.2) is 0 Å². The van der Waals surface area contributed by atoms with Gasteiger partial charge in [-0.05, 0) is 33.1 Å². The van der Waals surface area contributed by atoms with Crippen molar-refractivity contribution in [1.82, 2.24) is 0 Å². The lowest BCUT2D eigenvalue weighted by atomic mass is 9.85. The molecule has 0 aliphatic carbocycles. The van der Waals surface area contributed by atoms with Gasteiger partial charge in [-0.15, -0.1) is 0 Å². The number of esters is 3. The maximum atomic E-state index is 13.0. The summed E-state index contributed by atoms with van der Waals surface area (Å²) in [5.74, 6) is -2.05. The Morgan fingerprint density at radius 2 is 1.20 bits per heavy atom. The largest absolute Gasteiger partial charge is 0.465 e. The van der Waals surface area contributed by atoms with Gasteiger partial charge in [0.05, 0.1) is 12.4 Å². The third-order valence-electron chi connectivity index (χ3n) is 5.35. The maximum absolute atomic E-state index is 13.0. The highest BCUT2D eigenvalue weighted by Crippen LogP contribution is 2.28. The van der Waals surface area contributed by atoms with Crippen LogP contribution in [0.1, 0.15) is 85.0 Å². The number of hydrogen-bond donors (Lipinski definition) is 1. The molecule has 0 heterocycles. The highest BCUT2D eigenvalue weighted by Gasteiger charge is 2.42. The SMILES string of the molecule is C=C(C)C(=O)OCC(CCC)(COC(=O)C(=C)C)C(=O)OCCCCCCCCCCS(=O)(=O)O. The third kappa shape index (κ3) is 15.4. The molecule has 10 heteroatoms. The average Bonchev–Trinajstić information content (AvgIpc) is 2.77. The number of ether oxygens (including phenoxy) is 3. The zero-order valence-electron chi connectivity index (χ0n) is 21.4. The number of carbonyl (C=O) groups is 3. The van der Waals surface area contributed by atoms with Gasteiger partial charge in [0.2, 0.25) is 0 Å². The van der Waals surface area contributed by atoms with E-state index in [4.69, 9.17) is 18.8 Å². The molecule has 1 N–H and O–H groups in total. The lowest BCUT2D eigenvalue weighted by molar-refractivity contribution is -0.171. The molecule has 0 aliphatic heterocycles. The van der Waals surface area contributed by atoms with E-state index < -0.39 is 33.4 Å². The molecule has 0 amide bonds. The molecule has 0 aliphatic rings. The highest BCUT2D eigenvalue weighted by atomic mass is 32.2. The minimum Gasteiger partial charge on any atom is -0.465 e. The summed E-state index contributed by atoms with van der Waals surface area (Å²) in [4.78, 5) is 36.8. The molecule has 0 atom stereocenters. The molecule has 9 nitrogen and oxygen atoms in total. The standard InChI is InChI=1S/C25H42O9S/c1-6-15-25(18-33-22(26)20(2)3,19-34-23(27)21(4)5)24(28)32-16-13-11-9-7-8-10-12-14-17-35(29,30)31/h2,4,6-19H2,1,3,5H3,(H,29,30,31). The van der Waals surface area contributed by atoms with Gasteiger partial charge in [-0.1, -0.05) is 65.0 Å². The number of rotatable bonds is 20. The van der Waals surface area contributed by atoms with Crippen LogP contribution in [0.5, 0.6) is 0 Å². The van der Waals surface area contributed by atoms with Crippen LogP contribution in [0.2, 0.25) is 0 Å². The predicted octanol–water partition coefficient (Wildman–Crippen LogP) is 4.56. The van der Waals surface area contributed by atoms with Crippen LogP contribution in [0.25, 0.3) is 0 Å². The van der Waals surface area contributed by atoms with Crippen molar-refractivity contribution in [2.24, 2.45) is 5.41 Å². The van der Waals surface area contributed by atoms with Gasteiger partial charge >= 0.3 is 17.9 Å². The first-order valence-corrected chi connectivity index (χ1v) is 13.7. The molecule has 35 heavy (non-hydrogen) atoms. The summed E-state index contributed by atoms with van der Waals surface area (Å²) in [6.45, 7) is 11.6. The molecule has 0 spiro atoms. The number of unbranched alkanes of at least 4 members (excludes halogenated alkanes) is 7. The topological polar surface area (TPSA) is 133 Å². The van der Waals surface area contributed by atoms with Gasteiger partial charge in [0.1, 0.15) is 18.6 Å². The fraction of sp³-hybridized carbons (Fsp3) is 0.720. The van der Waals surface area contributed by atoms with Crippen molar-refractivity contribution < 1.29 is 41.6 Å². The van der Waals surface area contributed by atoms with Crippen LogP contribution >= 0.6 is 0 Å². The summed E-state index contributed by atoms with van der Waals surface area (Å²) < 4.78 is 46.0. The fourth-order valence-electron chi connectivity index (χ4n) is 3.30. The van der Waals surface area contributed by atoms with Crippen molar-refractivity contribution in [2.75, 3.05) is 25.6 Å². The van der Waals surface area contributed by atoms with Crippen LogP contribution in [0.4, 0.5) is 0 Å². The Bertz CT molecular complexity index is 785. The lowest BCUT2D eigenvalue weighted by Crippen LogP contribution is -2.43. The van der Waals surface area contributed by atoms with Crippen LogP contribution < -0.4 is 0 Å². The summed E-state index contributed by atoms with van der Waals surface area (Å²) in [6.07, 6.45) is 7.40. The van der Waals surface area contributed by atoms with Crippen molar-refractivity contribution in [3.05, 3.63) is 24.3 Å². The first kappa shape index (κ1) is 32.8. The van der Waals surface area contributed by atoms with E-state index in [1.807, 2.05) is 6.92 Å². The predicted molar refractivity (Wildman–Crippen MR) is 133 cm³/mol. The van der Waals surface area contributed by atoms with Crippen molar-refractivity contribution in [1.29, 1.82) is 0 Å². The average molecular weight is 519 g/mol. The van der Waals surface area contributed by atoms with Gasteiger partial charge in [-0.2, -0.15) is 8.42 Å². The van der Waals surface area contributed by atoms with Crippen molar-refractivity contribution in [3.63, 3.8) is 0 Å². The van der Waals surface area contributed by atoms with Gasteiger partial charge < -0.3 is 14.2 Å². The van der Waals surface area contributed by atoms with Crippen molar-refractivity contribution in [3.8, 4) is 0 Å². The molecule has 0 aromatic carbocycles. The Morgan fingerprint density at radius 3 is 1.60 bits per heavy atom. The molecular formula is C25H42O9S. The van der Waals surface area contributed by atoms with Crippen LogP contribution in [-0.4, -0.2) is 56.5 Å². The second-order valence-corrected chi connectivity index (χ2v) is 10.6. The Balaban J connectivity index is 4.63. The number of hydrogen-bond acceptors (Lipinski definition) is 8. The maximum Gasteiger partial charge on any atom is 0.333 e. The fourth-order valence-corrected chi connectivity index (χ4v) is 3.87. The number of carbonyl (C=O) groups excluding carboxylic acids is 3. The van der Waals surface area contributed by atoms with E-state index in [0.29, 0.717) is 25.7 Å². The highest BCUT2D eigenvalue weighted by molar-refractivity contribution is 7.85. The Hall–Kier alpha value is -2.20. The normalized spacial score (nSPS) is 11.5. The minimum atomic E-state index is -3.88. The summed E-state index contributed by atoms with van der Waals surface area (Å²) in [5.41, 5.74) is -0.922. The molecule has 0 saturated carbocycles. The molecule has 0 aromatic rings. The lowest BCUT2D eigenvalue weighted by Gasteiger charge is -2.30. The molecule has 202 valence electrons. The Morgan fingerprint density at radius 1 is 0.771 bits per heavy atom. The second-order valence-electron chi connectivity index (χ2n) is 8.99. The molecule has 0 fully saturated rings. The summed E-state index contributed by atoms with van der Waals surface area (Å²) in [7, 11) is -3.88. The van der Waals surface area contributed by atoms with E-state index in [0.717, 1.165) is 38.5 Å². The van der Waals surface area contributed by atoms with E-state index in [1.165, 1.54) is 13.8 Å². The van der Waals surface area contributed by atoms with Crippen molar-refractivity contribution in [2.45, 2.75) is 85.0 Å². The van der Waals surface area contributed by atoms with Crippen molar-refractivity contribution >= 4 is 28.0 Å².